The molecule has 1 amide bonds. The molecule has 148 valence electrons. The molecule has 0 spiro atoms. The monoisotopic (exact) mass is 442 g/mol. The molecular weight excluding hydrogens is 424 g/mol. The Kier molecular flexibility index (Phi) is 5.34. The third-order valence-electron chi connectivity index (χ3n) is 4.69. The number of amides is 1. The maximum Gasteiger partial charge on any atom is 0.257 e. The molecule has 2 heterocycles. The summed E-state index contributed by atoms with van der Waals surface area (Å²) in [6, 6.07) is 14.8. The first-order chi connectivity index (χ1) is 13.7. The van der Waals surface area contributed by atoms with E-state index in [2.05, 4.69) is 11.8 Å². The number of halogens is 1. The minimum Gasteiger partial charge on any atom is -0.378 e. The zero-order valence-electron chi connectivity index (χ0n) is 15.9. The van der Waals surface area contributed by atoms with Gasteiger partial charge in [0.05, 0.1) is 5.69 Å². The molecule has 2 aromatic rings. The van der Waals surface area contributed by atoms with Gasteiger partial charge in [-0.1, -0.05) is 41.6 Å². The van der Waals surface area contributed by atoms with Crippen molar-refractivity contribution in [3.63, 3.8) is 0 Å². The Morgan fingerprint density at radius 3 is 2.62 bits per heavy atom. The summed E-state index contributed by atoms with van der Waals surface area (Å²) in [4.78, 5) is 16.6. The average molecular weight is 443 g/mol. The summed E-state index contributed by atoms with van der Waals surface area (Å²) in [6.07, 6.45) is 0. The highest BCUT2D eigenvalue weighted by atomic mass is 35.5. The number of aliphatic hydroxyl groups is 1. The van der Waals surface area contributed by atoms with Crippen molar-refractivity contribution in [1.82, 2.24) is 4.90 Å². The third-order valence-corrected chi connectivity index (χ3v) is 6.64. The normalized spacial score (nSPS) is 21.2. The second-order valence-electron chi connectivity index (χ2n) is 7.48. The van der Waals surface area contributed by atoms with Crippen LogP contribution in [0, 0.1) is 11.8 Å². The number of nitrogens with zero attached hydrogens (tertiary/aromatic N) is 2. The van der Waals surface area contributed by atoms with Crippen molar-refractivity contribution < 1.29 is 9.90 Å². The van der Waals surface area contributed by atoms with E-state index in [1.165, 1.54) is 0 Å². The van der Waals surface area contributed by atoms with Gasteiger partial charge >= 0.3 is 0 Å². The zero-order chi connectivity index (χ0) is 20.8. The molecular formula is C22H19ClN2O2S2. The second-order valence-corrected chi connectivity index (χ2v) is 9.39. The summed E-state index contributed by atoms with van der Waals surface area (Å²) in [6.45, 7) is 3.31. The van der Waals surface area contributed by atoms with Gasteiger partial charge in [-0.3, -0.25) is 9.69 Å². The van der Waals surface area contributed by atoms with Gasteiger partial charge in [-0.05, 0) is 62.0 Å². The Bertz CT molecular complexity index is 1040. The van der Waals surface area contributed by atoms with E-state index >= 15 is 0 Å². The van der Waals surface area contributed by atoms with Gasteiger partial charge in [0.15, 0.2) is 5.11 Å². The van der Waals surface area contributed by atoms with Crippen LogP contribution in [0.25, 0.3) is 0 Å². The molecule has 7 heteroatoms. The molecule has 2 aromatic carbocycles. The van der Waals surface area contributed by atoms with E-state index < -0.39 is 5.60 Å². The highest BCUT2D eigenvalue weighted by Crippen LogP contribution is 2.46. The smallest absolute Gasteiger partial charge is 0.257 e. The molecule has 1 N–H and O–H groups in total. The summed E-state index contributed by atoms with van der Waals surface area (Å²) in [5.74, 6) is 6.46. The molecule has 2 aliphatic rings. The van der Waals surface area contributed by atoms with E-state index in [9.17, 15) is 9.90 Å². The number of thiocarbonyl (C=S) groups is 1. The molecule has 2 aliphatic heterocycles. The minimum absolute atomic E-state index is 0.0140. The predicted octanol–water partition coefficient (Wildman–Crippen LogP) is 4.21. The van der Waals surface area contributed by atoms with E-state index in [1.807, 2.05) is 41.3 Å². The highest BCUT2D eigenvalue weighted by Gasteiger charge is 2.50. The summed E-state index contributed by atoms with van der Waals surface area (Å²) in [5, 5.41) is 10.8. The van der Waals surface area contributed by atoms with Crippen LogP contribution in [-0.4, -0.2) is 38.4 Å². The zero-order valence-corrected chi connectivity index (χ0v) is 18.3. The second kappa shape index (κ2) is 7.66. The van der Waals surface area contributed by atoms with Gasteiger partial charge in [-0.2, -0.15) is 0 Å². The molecule has 0 saturated carbocycles. The summed E-state index contributed by atoms with van der Waals surface area (Å²) in [7, 11) is 0. The molecule has 2 atom stereocenters. The lowest BCUT2D eigenvalue weighted by molar-refractivity contribution is -0.119. The van der Waals surface area contributed by atoms with E-state index in [0.29, 0.717) is 21.6 Å². The van der Waals surface area contributed by atoms with Crippen LogP contribution in [0.2, 0.25) is 5.02 Å². The van der Waals surface area contributed by atoms with Crippen molar-refractivity contribution in [3.05, 3.63) is 64.7 Å². The van der Waals surface area contributed by atoms with Crippen molar-refractivity contribution >= 4 is 52.3 Å². The largest absolute Gasteiger partial charge is 0.378 e. The molecule has 29 heavy (non-hydrogen) atoms. The maximum atomic E-state index is 13.0. The standard InChI is InChI=1S/C22H19ClN2O2S2/c1-22(2,27)11-10-14-6-8-15(9-7-14)20-25-18(13-29-20)19(26)24(21(25)28)17-5-3-4-16(23)12-17/h3-9,12,18,20,27H,13H2,1-2H3. The maximum absolute atomic E-state index is 13.0. The van der Waals surface area contributed by atoms with Crippen molar-refractivity contribution in [2.45, 2.75) is 30.9 Å². The molecule has 2 unspecified atom stereocenters. The lowest BCUT2D eigenvalue weighted by atomic mass is 10.1. The van der Waals surface area contributed by atoms with E-state index in [-0.39, 0.29) is 17.3 Å². The summed E-state index contributed by atoms with van der Waals surface area (Å²) >= 11 is 13.5. The topological polar surface area (TPSA) is 43.8 Å². The first-order valence-electron chi connectivity index (χ1n) is 9.13. The molecule has 0 radical (unpaired) electrons. The number of rotatable bonds is 2. The molecule has 4 rings (SSSR count). The molecule has 0 bridgehead atoms. The Labute approximate surface area is 184 Å². The lowest BCUT2D eigenvalue weighted by Crippen LogP contribution is -2.33. The highest BCUT2D eigenvalue weighted by molar-refractivity contribution is 7.99. The number of anilines is 1. The lowest BCUT2D eigenvalue weighted by Gasteiger charge is -2.25. The van der Waals surface area contributed by atoms with Gasteiger partial charge in [0, 0.05) is 16.3 Å². The fourth-order valence-corrected chi connectivity index (χ4v) is 5.46. The van der Waals surface area contributed by atoms with Gasteiger partial charge in [0.1, 0.15) is 17.0 Å². The van der Waals surface area contributed by atoms with Crippen molar-refractivity contribution in [2.24, 2.45) is 0 Å². The van der Waals surface area contributed by atoms with Crippen LogP contribution in [0.4, 0.5) is 5.69 Å². The Hall–Kier alpha value is -2.04. The molecule has 2 saturated heterocycles. The summed E-state index contributed by atoms with van der Waals surface area (Å²) < 4.78 is 0. The Morgan fingerprint density at radius 1 is 1.24 bits per heavy atom. The van der Waals surface area contributed by atoms with Crippen molar-refractivity contribution in [1.29, 1.82) is 0 Å². The van der Waals surface area contributed by atoms with Gasteiger partial charge in [-0.15, -0.1) is 11.8 Å². The number of hydrogen-bond acceptors (Lipinski definition) is 4. The summed E-state index contributed by atoms with van der Waals surface area (Å²) in [5.41, 5.74) is 1.56. The van der Waals surface area contributed by atoms with Crippen LogP contribution < -0.4 is 4.90 Å². The average Bonchev–Trinajstić information content (AvgIpc) is 3.20. The number of hydrogen-bond donors (Lipinski definition) is 1. The Balaban J connectivity index is 1.59. The third kappa shape index (κ3) is 4.01. The first kappa shape index (κ1) is 20.2. The van der Waals surface area contributed by atoms with Gasteiger partial charge in [-0.25, -0.2) is 0 Å². The fraction of sp³-hybridized carbons (Fsp3) is 0.273. The van der Waals surface area contributed by atoms with Crippen LogP contribution in [-0.2, 0) is 4.79 Å². The van der Waals surface area contributed by atoms with Crippen LogP contribution >= 0.6 is 35.6 Å². The van der Waals surface area contributed by atoms with Crippen LogP contribution in [0.15, 0.2) is 48.5 Å². The van der Waals surface area contributed by atoms with Crippen molar-refractivity contribution in [3.8, 4) is 11.8 Å². The van der Waals surface area contributed by atoms with Crippen molar-refractivity contribution in [2.75, 3.05) is 10.7 Å². The van der Waals surface area contributed by atoms with Gasteiger partial charge in [0.25, 0.3) is 5.91 Å². The number of carbonyl (C=O) groups is 1. The van der Waals surface area contributed by atoms with Crippen LogP contribution in [0.5, 0.6) is 0 Å². The van der Waals surface area contributed by atoms with Crippen LogP contribution in [0.1, 0.15) is 30.3 Å². The molecule has 2 fully saturated rings. The van der Waals surface area contributed by atoms with E-state index in [1.54, 1.807) is 42.6 Å². The Morgan fingerprint density at radius 2 is 1.97 bits per heavy atom. The fourth-order valence-electron chi connectivity index (χ4n) is 3.35. The quantitative estimate of drug-likeness (QED) is 0.557. The molecule has 0 aliphatic carbocycles. The van der Waals surface area contributed by atoms with E-state index in [4.69, 9.17) is 23.8 Å². The molecule has 0 aromatic heterocycles. The van der Waals surface area contributed by atoms with Crippen LogP contribution in [0.3, 0.4) is 0 Å². The number of carbonyl (C=O) groups excluding carboxylic acids is 1. The predicted molar refractivity (Wildman–Crippen MR) is 122 cm³/mol. The SMILES string of the molecule is CC(C)(O)C#Cc1ccc(C2SCC3C(=O)N(c4cccc(Cl)c4)C(=S)N32)cc1. The minimum atomic E-state index is -1.03. The number of thioether (sulfide) groups is 1. The number of fused-ring (bicyclic) bond motifs is 1. The van der Waals surface area contributed by atoms with Gasteiger partial charge < -0.3 is 10.0 Å². The number of benzene rings is 2. The van der Waals surface area contributed by atoms with E-state index in [0.717, 1.165) is 11.1 Å². The first-order valence-corrected chi connectivity index (χ1v) is 11.0. The molecule has 4 nitrogen and oxygen atoms in total. The van der Waals surface area contributed by atoms with Gasteiger partial charge in [0.2, 0.25) is 0 Å².